The lowest BCUT2D eigenvalue weighted by atomic mass is 10.1. The van der Waals surface area contributed by atoms with Crippen LogP contribution in [0.2, 0.25) is 0 Å². The van der Waals surface area contributed by atoms with Gasteiger partial charge in [-0.15, -0.1) is 22.7 Å². The van der Waals surface area contributed by atoms with Gasteiger partial charge in [-0.05, 0) is 24.1 Å². The summed E-state index contributed by atoms with van der Waals surface area (Å²) in [6, 6.07) is 13.4. The summed E-state index contributed by atoms with van der Waals surface area (Å²) >= 11 is 3.91. The zero-order chi connectivity index (χ0) is 13.1. The second-order valence-corrected chi connectivity index (χ2v) is 7.39. The van der Waals surface area contributed by atoms with Crippen LogP contribution in [0.15, 0.2) is 36.4 Å². The molecular formula is C18H12S2. The molecule has 0 unspecified atom stereocenters. The normalized spacial score (nSPS) is 14.4. The zero-order valence-electron chi connectivity index (χ0n) is 10.8. The molecule has 96 valence electrons. The van der Waals surface area contributed by atoms with E-state index in [1.165, 1.54) is 52.9 Å². The highest BCUT2D eigenvalue weighted by Crippen LogP contribution is 2.38. The lowest BCUT2D eigenvalue weighted by Gasteiger charge is -1.95. The van der Waals surface area contributed by atoms with Crippen LogP contribution in [0.4, 0.5) is 0 Å². The fraction of sp³-hybridized carbons (Fsp3) is 0.111. The molecule has 0 aliphatic heterocycles. The molecule has 0 saturated carbocycles. The molecule has 0 radical (unpaired) electrons. The highest BCUT2D eigenvalue weighted by molar-refractivity contribution is 7.30. The van der Waals surface area contributed by atoms with Crippen molar-refractivity contribution in [2.45, 2.75) is 12.8 Å². The highest BCUT2D eigenvalue weighted by Gasteiger charge is 2.11. The standard InChI is InChI=1S/C18H12S2/c1-3-7-15-11(5-1)13-9-10-14-12-6-2-4-8-16(12)20-18(14)17(13)19-15/h1,3,5-10H,2,4H2. The van der Waals surface area contributed by atoms with E-state index >= 15 is 0 Å². The molecule has 2 heterocycles. The number of fused-ring (bicyclic) bond motifs is 7. The fourth-order valence-electron chi connectivity index (χ4n) is 3.18. The van der Waals surface area contributed by atoms with Gasteiger partial charge in [0.25, 0.3) is 0 Å². The smallest absolute Gasteiger partial charge is 0.0534 e. The minimum Gasteiger partial charge on any atom is -0.134 e. The van der Waals surface area contributed by atoms with Crippen molar-refractivity contribution >= 4 is 65.1 Å². The Morgan fingerprint density at radius 1 is 0.700 bits per heavy atom. The van der Waals surface area contributed by atoms with Gasteiger partial charge in [0.05, 0.1) is 9.40 Å². The lowest BCUT2D eigenvalue weighted by Crippen LogP contribution is -2.20. The van der Waals surface area contributed by atoms with Crippen molar-refractivity contribution in [3.05, 3.63) is 46.1 Å². The average Bonchev–Trinajstić information content (AvgIpc) is 3.05. The quantitative estimate of drug-likeness (QED) is 0.443. The molecule has 1 aliphatic carbocycles. The van der Waals surface area contributed by atoms with Gasteiger partial charge in [0.2, 0.25) is 0 Å². The van der Waals surface area contributed by atoms with Crippen molar-refractivity contribution in [3.63, 3.8) is 0 Å². The monoisotopic (exact) mass is 292 g/mol. The molecule has 4 aromatic rings. The second-order valence-electron chi connectivity index (χ2n) is 5.28. The third-order valence-electron chi connectivity index (χ3n) is 4.11. The number of hydrogen-bond acceptors (Lipinski definition) is 2. The first-order valence-corrected chi connectivity index (χ1v) is 8.58. The van der Waals surface area contributed by atoms with Crippen LogP contribution in [0.1, 0.15) is 12.8 Å². The SMILES string of the molecule is C1=c2sc3c(ccc4c5ccccc5sc43)c2=CCC1. The Kier molecular flexibility index (Phi) is 2.18. The van der Waals surface area contributed by atoms with Gasteiger partial charge in [-0.25, -0.2) is 0 Å². The molecule has 2 aromatic carbocycles. The van der Waals surface area contributed by atoms with Crippen LogP contribution >= 0.6 is 22.7 Å². The van der Waals surface area contributed by atoms with E-state index in [9.17, 15) is 0 Å². The van der Waals surface area contributed by atoms with Crippen molar-refractivity contribution in [1.82, 2.24) is 0 Å². The van der Waals surface area contributed by atoms with E-state index in [0.717, 1.165) is 0 Å². The third-order valence-corrected chi connectivity index (χ3v) is 6.68. The summed E-state index contributed by atoms with van der Waals surface area (Å²) in [6.45, 7) is 0. The van der Waals surface area contributed by atoms with E-state index in [4.69, 9.17) is 0 Å². The largest absolute Gasteiger partial charge is 0.134 e. The summed E-state index contributed by atoms with van der Waals surface area (Å²) in [5.74, 6) is 0. The highest BCUT2D eigenvalue weighted by atomic mass is 32.1. The van der Waals surface area contributed by atoms with Gasteiger partial charge in [-0.3, -0.25) is 0 Å². The fourth-order valence-corrected chi connectivity index (χ4v) is 5.79. The third kappa shape index (κ3) is 1.36. The number of benzene rings is 2. The molecule has 2 heteroatoms. The molecule has 0 spiro atoms. The molecule has 0 N–H and O–H groups in total. The first-order chi connectivity index (χ1) is 9.92. The van der Waals surface area contributed by atoms with Crippen molar-refractivity contribution in [2.75, 3.05) is 0 Å². The van der Waals surface area contributed by atoms with Crippen molar-refractivity contribution in [2.24, 2.45) is 0 Å². The maximum atomic E-state index is 2.41. The Morgan fingerprint density at radius 3 is 2.50 bits per heavy atom. The van der Waals surface area contributed by atoms with E-state index in [0.29, 0.717) is 0 Å². The van der Waals surface area contributed by atoms with Crippen LogP contribution in [0.5, 0.6) is 0 Å². The van der Waals surface area contributed by atoms with Gasteiger partial charge >= 0.3 is 0 Å². The molecule has 1 aliphatic rings. The zero-order valence-corrected chi connectivity index (χ0v) is 12.5. The van der Waals surface area contributed by atoms with Gasteiger partial charge in [-0.1, -0.05) is 42.5 Å². The van der Waals surface area contributed by atoms with Gasteiger partial charge in [0, 0.05) is 25.4 Å². The van der Waals surface area contributed by atoms with Crippen LogP contribution in [-0.2, 0) is 0 Å². The molecule has 0 bridgehead atoms. The second kappa shape index (κ2) is 3.94. The van der Waals surface area contributed by atoms with Crippen LogP contribution in [0, 0.1) is 0 Å². The summed E-state index contributed by atoms with van der Waals surface area (Å²) in [7, 11) is 0. The summed E-state index contributed by atoms with van der Waals surface area (Å²) in [5, 5.41) is 5.72. The predicted octanol–water partition coefficient (Wildman–Crippen LogP) is 4.62. The molecule has 2 aromatic heterocycles. The summed E-state index contributed by atoms with van der Waals surface area (Å²) in [4.78, 5) is 0. The Hall–Kier alpha value is -1.64. The molecular weight excluding hydrogens is 280 g/mol. The van der Waals surface area contributed by atoms with Crippen LogP contribution < -0.4 is 9.75 Å². The maximum Gasteiger partial charge on any atom is 0.0534 e. The minimum absolute atomic E-state index is 1.18. The van der Waals surface area contributed by atoms with Crippen LogP contribution in [0.3, 0.4) is 0 Å². The lowest BCUT2D eigenvalue weighted by molar-refractivity contribution is 1.13. The number of hydrogen-bond donors (Lipinski definition) is 0. The summed E-state index contributed by atoms with van der Waals surface area (Å²) < 4.78 is 5.80. The van der Waals surface area contributed by atoms with Crippen molar-refractivity contribution in [3.8, 4) is 0 Å². The molecule has 20 heavy (non-hydrogen) atoms. The van der Waals surface area contributed by atoms with E-state index in [1.54, 1.807) is 0 Å². The first-order valence-electron chi connectivity index (χ1n) is 6.95. The van der Waals surface area contributed by atoms with Crippen molar-refractivity contribution in [1.29, 1.82) is 0 Å². The van der Waals surface area contributed by atoms with E-state index in [1.807, 2.05) is 22.7 Å². The number of rotatable bonds is 0. The van der Waals surface area contributed by atoms with Crippen molar-refractivity contribution < 1.29 is 0 Å². The molecule has 5 rings (SSSR count). The predicted molar refractivity (Wildman–Crippen MR) is 92.1 cm³/mol. The average molecular weight is 292 g/mol. The van der Waals surface area contributed by atoms with Gasteiger partial charge < -0.3 is 0 Å². The summed E-state index contributed by atoms with van der Waals surface area (Å²) in [5.41, 5.74) is 0. The topological polar surface area (TPSA) is 0 Å². The number of thiophene rings is 2. The van der Waals surface area contributed by atoms with E-state index in [2.05, 4.69) is 48.6 Å². The van der Waals surface area contributed by atoms with Crippen LogP contribution in [0.25, 0.3) is 42.4 Å². The molecule has 0 fully saturated rings. The Morgan fingerprint density at radius 2 is 1.50 bits per heavy atom. The summed E-state index contributed by atoms with van der Waals surface area (Å²) in [6.07, 6.45) is 7.19. The van der Waals surface area contributed by atoms with Crippen LogP contribution in [-0.4, -0.2) is 0 Å². The van der Waals surface area contributed by atoms with Gasteiger partial charge in [0.15, 0.2) is 0 Å². The Balaban J connectivity index is 2.10. The first kappa shape index (κ1) is 11.1. The molecule has 0 amide bonds. The molecule has 0 atom stereocenters. The van der Waals surface area contributed by atoms with Gasteiger partial charge in [0.1, 0.15) is 0 Å². The Labute approximate surface area is 124 Å². The van der Waals surface area contributed by atoms with E-state index < -0.39 is 0 Å². The minimum atomic E-state index is 1.18. The molecule has 0 saturated heterocycles. The van der Waals surface area contributed by atoms with E-state index in [-0.39, 0.29) is 0 Å². The maximum absolute atomic E-state index is 2.41. The molecule has 0 nitrogen and oxygen atoms in total. The van der Waals surface area contributed by atoms with Gasteiger partial charge in [-0.2, -0.15) is 0 Å². The Bertz CT molecular complexity index is 1090.